The molecule has 4 nitrogen and oxygen atoms in total. The van der Waals surface area contributed by atoms with Gasteiger partial charge in [0.15, 0.2) is 0 Å². The van der Waals surface area contributed by atoms with E-state index in [1.165, 1.54) is 16.8 Å². The van der Waals surface area contributed by atoms with Gasteiger partial charge in [0.05, 0.1) is 5.56 Å². The van der Waals surface area contributed by atoms with Crippen LogP contribution in [0.2, 0.25) is 0 Å². The Morgan fingerprint density at radius 1 is 1.21 bits per heavy atom. The number of nitrogens with zero attached hydrogens (tertiary/aromatic N) is 3. The van der Waals surface area contributed by atoms with Crippen LogP contribution in [0.4, 0.5) is 19.0 Å². The highest BCUT2D eigenvalue weighted by atomic mass is 19.4. The fraction of sp³-hybridized carbons (Fsp3) is 0.412. The van der Waals surface area contributed by atoms with Crippen molar-refractivity contribution >= 4 is 5.82 Å². The van der Waals surface area contributed by atoms with Crippen LogP contribution in [0.15, 0.2) is 41.5 Å². The Labute approximate surface area is 137 Å². The second kappa shape index (κ2) is 6.30. The third-order valence-corrected chi connectivity index (χ3v) is 4.49. The highest BCUT2D eigenvalue weighted by Crippen LogP contribution is 2.37. The number of rotatable bonds is 2. The predicted octanol–water partition coefficient (Wildman–Crippen LogP) is 3.18. The molecule has 0 atom stereocenters. The van der Waals surface area contributed by atoms with Crippen LogP contribution in [-0.4, -0.2) is 22.6 Å². The Hall–Kier alpha value is -2.31. The Bertz CT molecular complexity index is 777. The zero-order valence-electron chi connectivity index (χ0n) is 13.3. The Morgan fingerprint density at radius 3 is 2.54 bits per heavy atom. The molecule has 0 saturated carbocycles. The second-order valence-electron chi connectivity index (χ2n) is 6.04. The molecule has 0 spiro atoms. The lowest BCUT2D eigenvalue weighted by molar-refractivity contribution is -0.137. The van der Waals surface area contributed by atoms with Gasteiger partial charge >= 0.3 is 6.18 Å². The minimum atomic E-state index is -4.41. The SMILES string of the molecule is Cn1ccc(C2CCN(c3ncccc3C(F)(F)F)CC2)cc1=O. The van der Waals surface area contributed by atoms with Gasteiger partial charge in [-0.25, -0.2) is 4.98 Å². The highest BCUT2D eigenvalue weighted by Gasteiger charge is 2.36. The molecule has 24 heavy (non-hydrogen) atoms. The quantitative estimate of drug-likeness (QED) is 0.845. The number of aryl methyl sites for hydroxylation is 1. The molecule has 0 bridgehead atoms. The maximum absolute atomic E-state index is 13.1. The molecule has 3 heterocycles. The van der Waals surface area contributed by atoms with Crippen LogP contribution in [0.3, 0.4) is 0 Å². The standard InChI is InChI=1S/C17H18F3N3O/c1-22-8-4-13(11-15(22)24)12-5-9-23(10-6-12)16-14(17(18,19)20)3-2-7-21-16/h2-4,7-8,11-12H,5-6,9-10H2,1H3. The summed E-state index contributed by atoms with van der Waals surface area (Å²) >= 11 is 0. The third kappa shape index (κ3) is 3.29. The zero-order valence-corrected chi connectivity index (χ0v) is 13.3. The van der Waals surface area contributed by atoms with Crippen molar-refractivity contribution in [1.29, 1.82) is 0 Å². The molecule has 0 unspecified atom stereocenters. The molecule has 0 N–H and O–H groups in total. The smallest absolute Gasteiger partial charge is 0.356 e. The van der Waals surface area contributed by atoms with E-state index in [1.54, 1.807) is 24.2 Å². The van der Waals surface area contributed by atoms with Gasteiger partial charge < -0.3 is 9.47 Å². The van der Waals surface area contributed by atoms with Crippen molar-refractivity contribution in [2.24, 2.45) is 7.05 Å². The number of pyridine rings is 2. The monoisotopic (exact) mass is 337 g/mol. The summed E-state index contributed by atoms with van der Waals surface area (Å²) in [6.07, 6.45) is 0.0935. The van der Waals surface area contributed by atoms with E-state index in [1.807, 2.05) is 6.07 Å². The van der Waals surface area contributed by atoms with E-state index in [9.17, 15) is 18.0 Å². The first-order chi connectivity index (χ1) is 11.4. The lowest BCUT2D eigenvalue weighted by atomic mass is 9.90. The summed E-state index contributed by atoms with van der Waals surface area (Å²) in [5.74, 6) is 0.181. The lowest BCUT2D eigenvalue weighted by Gasteiger charge is -2.34. The molecular weight excluding hydrogens is 319 g/mol. The van der Waals surface area contributed by atoms with Gasteiger partial charge in [-0.2, -0.15) is 13.2 Å². The number of aromatic nitrogens is 2. The van der Waals surface area contributed by atoms with Crippen LogP contribution in [0.1, 0.15) is 29.9 Å². The Morgan fingerprint density at radius 2 is 1.92 bits per heavy atom. The molecule has 2 aromatic rings. The lowest BCUT2D eigenvalue weighted by Crippen LogP contribution is -2.35. The van der Waals surface area contributed by atoms with Crippen LogP contribution in [0.5, 0.6) is 0 Å². The minimum Gasteiger partial charge on any atom is -0.356 e. The van der Waals surface area contributed by atoms with Crippen molar-refractivity contribution in [2.45, 2.75) is 24.9 Å². The van der Waals surface area contributed by atoms with Crippen molar-refractivity contribution < 1.29 is 13.2 Å². The van der Waals surface area contributed by atoms with E-state index in [0.29, 0.717) is 25.9 Å². The number of alkyl halides is 3. The van der Waals surface area contributed by atoms with Gasteiger partial charge in [0.2, 0.25) is 0 Å². The fourth-order valence-electron chi connectivity index (χ4n) is 3.11. The van der Waals surface area contributed by atoms with E-state index in [-0.39, 0.29) is 17.3 Å². The maximum Gasteiger partial charge on any atom is 0.419 e. The van der Waals surface area contributed by atoms with Gasteiger partial charge in [-0.15, -0.1) is 0 Å². The zero-order chi connectivity index (χ0) is 17.3. The van der Waals surface area contributed by atoms with Gasteiger partial charge in [-0.05, 0) is 42.5 Å². The van der Waals surface area contributed by atoms with Crippen LogP contribution >= 0.6 is 0 Å². The van der Waals surface area contributed by atoms with E-state index >= 15 is 0 Å². The van der Waals surface area contributed by atoms with Crippen LogP contribution in [-0.2, 0) is 13.2 Å². The van der Waals surface area contributed by atoms with E-state index in [2.05, 4.69) is 4.98 Å². The van der Waals surface area contributed by atoms with Crippen molar-refractivity contribution in [3.63, 3.8) is 0 Å². The Balaban J connectivity index is 1.76. The average molecular weight is 337 g/mol. The minimum absolute atomic E-state index is 0.00701. The summed E-state index contributed by atoms with van der Waals surface area (Å²) < 4.78 is 40.9. The Kier molecular flexibility index (Phi) is 4.34. The average Bonchev–Trinajstić information content (AvgIpc) is 2.57. The highest BCUT2D eigenvalue weighted by molar-refractivity contribution is 5.49. The van der Waals surface area contributed by atoms with Gasteiger partial charge in [-0.3, -0.25) is 4.79 Å². The summed E-state index contributed by atoms with van der Waals surface area (Å²) in [4.78, 5) is 17.4. The molecule has 1 fully saturated rings. The topological polar surface area (TPSA) is 38.1 Å². The first kappa shape index (κ1) is 16.5. The number of anilines is 1. The van der Waals surface area contributed by atoms with E-state index in [0.717, 1.165) is 11.6 Å². The van der Waals surface area contributed by atoms with Crippen molar-refractivity contribution in [1.82, 2.24) is 9.55 Å². The van der Waals surface area contributed by atoms with Crippen molar-refractivity contribution in [3.8, 4) is 0 Å². The fourth-order valence-corrected chi connectivity index (χ4v) is 3.11. The van der Waals surface area contributed by atoms with Crippen molar-refractivity contribution in [3.05, 3.63) is 58.1 Å². The normalized spacial score (nSPS) is 16.4. The maximum atomic E-state index is 13.1. The second-order valence-corrected chi connectivity index (χ2v) is 6.04. The number of piperidine rings is 1. The van der Waals surface area contributed by atoms with Gasteiger partial charge in [0, 0.05) is 38.6 Å². The van der Waals surface area contributed by atoms with Gasteiger partial charge in [-0.1, -0.05) is 0 Å². The summed E-state index contributed by atoms with van der Waals surface area (Å²) in [6.45, 7) is 0.972. The van der Waals surface area contributed by atoms with Crippen LogP contribution < -0.4 is 10.5 Å². The first-order valence-electron chi connectivity index (χ1n) is 7.80. The molecule has 2 aromatic heterocycles. The number of halogens is 3. The summed E-state index contributed by atoms with van der Waals surface area (Å²) in [6, 6.07) is 5.89. The molecule has 1 aliphatic rings. The summed E-state index contributed by atoms with van der Waals surface area (Å²) in [5.41, 5.74) is 0.186. The molecule has 0 aliphatic carbocycles. The first-order valence-corrected chi connectivity index (χ1v) is 7.80. The molecule has 3 rings (SSSR count). The number of hydrogen-bond donors (Lipinski definition) is 0. The molecule has 0 radical (unpaired) electrons. The number of hydrogen-bond acceptors (Lipinski definition) is 3. The van der Waals surface area contributed by atoms with Gasteiger partial charge in [0.1, 0.15) is 5.82 Å². The molecule has 0 aromatic carbocycles. The molecule has 0 amide bonds. The molecule has 128 valence electrons. The molecule has 1 saturated heterocycles. The summed E-state index contributed by atoms with van der Waals surface area (Å²) in [5, 5.41) is 0. The predicted molar refractivity (Wildman–Crippen MR) is 85.1 cm³/mol. The molecular formula is C17H18F3N3O. The van der Waals surface area contributed by atoms with Crippen molar-refractivity contribution in [2.75, 3.05) is 18.0 Å². The van der Waals surface area contributed by atoms with Gasteiger partial charge in [0.25, 0.3) is 5.56 Å². The summed E-state index contributed by atoms with van der Waals surface area (Å²) in [7, 11) is 1.69. The molecule has 7 heteroatoms. The van der Waals surface area contributed by atoms with Crippen LogP contribution in [0, 0.1) is 0 Å². The molecule has 1 aliphatic heterocycles. The largest absolute Gasteiger partial charge is 0.419 e. The van der Waals surface area contributed by atoms with E-state index in [4.69, 9.17) is 0 Å². The van der Waals surface area contributed by atoms with Crippen LogP contribution in [0.25, 0.3) is 0 Å². The third-order valence-electron chi connectivity index (χ3n) is 4.49. The van der Waals surface area contributed by atoms with E-state index < -0.39 is 11.7 Å².